The van der Waals surface area contributed by atoms with E-state index >= 15 is 0 Å². The second-order valence-electron chi connectivity index (χ2n) is 4.26. The molecule has 0 aromatic heterocycles. The molecule has 0 radical (unpaired) electrons. The first-order valence-electron chi connectivity index (χ1n) is 6.47. The Hall–Kier alpha value is -1.39. The normalized spacial score (nSPS) is 10.2. The summed E-state index contributed by atoms with van der Waals surface area (Å²) in [5, 5.41) is 0. The second kappa shape index (κ2) is 8.15. The lowest BCUT2D eigenvalue weighted by Gasteiger charge is -2.10. The summed E-state index contributed by atoms with van der Waals surface area (Å²) in [6.45, 7) is 0.938. The van der Waals surface area contributed by atoms with Crippen LogP contribution >= 0.6 is 27.5 Å². The third kappa shape index (κ3) is 4.83. The van der Waals surface area contributed by atoms with Crippen molar-refractivity contribution in [2.24, 2.45) is 0 Å². The van der Waals surface area contributed by atoms with E-state index < -0.39 is 0 Å². The van der Waals surface area contributed by atoms with E-state index in [0.717, 1.165) is 27.3 Å². The highest BCUT2D eigenvalue weighted by Gasteiger charge is 2.02. The van der Waals surface area contributed by atoms with Crippen LogP contribution in [0.25, 0.3) is 0 Å². The molecule has 2 rings (SSSR count). The SMILES string of the molecule is COc1ccc(OCCOc2ccc(Br)c(CCl)c2)cc1. The first kappa shape index (κ1) is 16.0. The maximum atomic E-state index is 5.85. The number of benzene rings is 2. The standard InChI is InChI=1S/C16H16BrClO3/c1-19-13-2-4-14(5-3-13)20-8-9-21-15-6-7-16(17)12(10-15)11-18/h2-7,10H,8-9,11H2,1H3. The highest BCUT2D eigenvalue weighted by Crippen LogP contribution is 2.24. The minimum atomic E-state index is 0.445. The van der Waals surface area contributed by atoms with Crippen LogP contribution in [-0.2, 0) is 5.88 Å². The molecule has 0 unspecified atom stereocenters. The van der Waals surface area contributed by atoms with E-state index in [9.17, 15) is 0 Å². The molecule has 0 bridgehead atoms. The van der Waals surface area contributed by atoms with E-state index in [1.807, 2.05) is 42.5 Å². The van der Waals surface area contributed by atoms with Crippen molar-refractivity contribution in [1.29, 1.82) is 0 Å². The molecule has 0 amide bonds. The topological polar surface area (TPSA) is 27.7 Å². The Morgan fingerprint density at radius 1 is 0.905 bits per heavy atom. The van der Waals surface area contributed by atoms with Gasteiger partial charge in [0, 0.05) is 10.4 Å². The summed E-state index contributed by atoms with van der Waals surface area (Å²) in [5.41, 5.74) is 1.00. The number of ether oxygens (including phenoxy) is 3. The maximum Gasteiger partial charge on any atom is 0.122 e. The summed E-state index contributed by atoms with van der Waals surface area (Å²) >= 11 is 9.29. The predicted molar refractivity (Wildman–Crippen MR) is 87.7 cm³/mol. The van der Waals surface area contributed by atoms with Crippen LogP contribution in [0.4, 0.5) is 0 Å². The molecule has 3 nitrogen and oxygen atoms in total. The lowest BCUT2D eigenvalue weighted by atomic mass is 10.2. The number of hydrogen-bond donors (Lipinski definition) is 0. The fourth-order valence-electron chi connectivity index (χ4n) is 1.73. The summed E-state index contributed by atoms with van der Waals surface area (Å²) in [7, 11) is 1.64. The molecule has 0 fully saturated rings. The molecular formula is C16H16BrClO3. The van der Waals surface area contributed by atoms with Gasteiger partial charge in [-0.05, 0) is 48.0 Å². The fourth-order valence-corrected chi connectivity index (χ4v) is 2.50. The molecule has 0 aliphatic heterocycles. The molecule has 0 aliphatic rings. The lowest BCUT2D eigenvalue weighted by Crippen LogP contribution is -2.09. The van der Waals surface area contributed by atoms with Crippen molar-refractivity contribution < 1.29 is 14.2 Å². The number of halogens is 2. The average Bonchev–Trinajstić information content (AvgIpc) is 2.53. The molecule has 0 heterocycles. The van der Waals surface area contributed by atoms with Gasteiger partial charge in [-0.15, -0.1) is 11.6 Å². The smallest absolute Gasteiger partial charge is 0.122 e. The predicted octanol–water partition coefficient (Wildman–Crippen LogP) is 4.65. The summed E-state index contributed by atoms with van der Waals surface area (Å²) < 4.78 is 17.3. The van der Waals surface area contributed by atoms with Gasteiger partial charge >= 0.3 is 0 Å². The molecule has 2 aromatic rings. The Bertz CT molecular complexity index is 572. The van der Waals surface area contributed by atoms with Gasteiger partial charge in [0.25, 0.3) is 0 Å². The molecule has 0 N–H and O–H groups in total. The Balaban J connectivity index is 1.78. The highest BCUT2D eigenvalue weighted by atomic mass is 79.9. The molecular weight excluding hydrogens is 356 g/mol. The molecule has 0 atom stereocenters. The molecule has 112 valence electrons. The third-order valence-corrected chi connectivity index (χ3v) is 3.90. The number of alkyl halides is 1. The van der Waals surface area contributed by atoms with Gasteiger partial charge in [0.05, 0.1) is 7.11 Å². The van der Waals surface area contributed by atoms with Crippen LogP contribution in [0.15, 0.2) is 46.9 Å². The van der Waals surface area contributed by atoms with Crippen molar-refractivity contribution in [2.75, 3.05) is 20.3 Å². The summed E-state index contributed by atoms with van der Waals surface area (Å²) in [6.07, 6.45) is 0. The highest BCUT2D eigenvalue weighted by molar-refractivity contribution is 9.10. The minimum Gasteiger partial charge on any atom is -0.497 e. The summed E-state index contributed by atoms with van der Waals surface area (Å²) in [5.74, 6) is 2.83. The first-order valence-corrected chi connectivity index (χ1v) is 7.79. The van der Waals surface area contributed by atoms with Crippen LogP contribution in [0.3, 0.4) is 0 Å². The van der Waals surface area contributed by atoms with Crippen LogP contribution in [0.1, 0.15) is 5.56 Å². The van der Waals surface area contributed by atoms with Crippen molar-refractivity contribution >= 4 is 27.5 Å². The zero-order valence-electron chi connectivity index (χ0n) is 11.6. The van der Waals surface area contributed by atoms with E-state index in [4.69, 9.17) is 25.8 Å². The van der Waals surface area contributed by atoms with Crippen molar-refractivity contribution in [1.82, 2.24) is 0 Å². The van der Waals surface area contributed by atoms with Gasteiger partial charge in [-0.3, -0.25) is 0 Å². The Morgan fingerprint density at radius 2 is 1.48 bits per heavy atom. The van der Waals surface area contributed by atoms with Gasteiger partial charge in [0.1, 0.15) is 30.5 Å². The van der Waals surface area contributed by atoms with E-state index in [0.29, 0.717) is 19.1 Å². The lowest BCUT2D eigenvalue weighted by molar-refractivity contribution is 0.217. The summed E-state index contributed by atoms with van der Waals surface area (Å²) in [6, 6.07) is 13.2. The number of hydrogen-bond acceptors (Lipinski definition) is 3. The summed E-state index contributed by atoms with van der Waals surface area (Å²) in [4.78, 5) is 0. The van der Waals surface area contributed by atoms with Gasteiger partial charge in [-0.2, -0.15) is 0 Å². The molecule has 0 saturated heterocycles. The molecule has 0 aliphatic carbocycles. The van der Waals surface area contributed by atoms with Crippen LogP contribution < -0.4 is 14.2 Å². The van der Waals surface area contributed by atoms with Gasteiger partial charge < -0.3 is 14.2 Å². The number of methoxy groups -OCH3 is 1. The van der Waals surface area contributed by atoms with Crippen LogP contribution in [-0.4, -0.2) is 20.3 Å². The molecule has 21 heavy (non-hydrogen) atoms. The van der Waals surface area contributed by atoms with Crippen molar-refractivity contribution in [3.05, 3.63) is 52.5 Å². The van der Waals surface area contributed by atoms with Crippen LogP contribution in [0, 0.1) is 0 Å². The van der Waals surface area contributed by atoms with Crippen LogP contribution in [0.2, 0.25) is 0 Å². The van der Waals surface area contributed by atoms with Gasteiger partial charge in [-0.1, -0.05) is 15.9 Å². The van der Waals surface area contributed by atoms with Gasteiger partial charge in [0.15, 0.2) is 0 Å². The second-order valence-corrected chi connectivity index (χ2v) is 5.38. The zero-order chi connectivity index (χ0) is 15.1. The van der Waals surface area contributed by atoms with E-state index in [1.54, 1.807) is 7.11 Å². The Labute approximate surface area is 137 Å². The van der Waals surface area contributed by atoms with Gasteiger partial charge in [-0.25, -0.2) is 0 Å². The average molecular weight is 372 g/mol. The van der Waals surface area contributed by atoms with E-state index in [2.05, 4.69) is 15.9 Å². The first-order chi connectivity index (χ1) is 10.2. The minimum absolute atomic E-state index is 0.445. The Morgan fingerprint density at radius 3 is 2.10 bits per heavy atom. The van der Waals surface area contributed by atoms with Gasteiger partial charge in [0.2, 0.25) is 0 Å². The maximum absolute atomic E-state index is 5.85. The monoisotopic (exact) mass is 370 g/mol. The largest absolute Gasteiger partial charge is 0.497 e. The van der Waals surface area contributed by atoms with Crippen molar-refractivity contribution in [3.63, 3.8) is 0 Å². The number of rotatable bonds is 7. The van der Waals surface area contributed by atoms with Crippen molar-refractivity contribution in [2.45, 2.75) is 5.88 Å². The Kier molecular flexibility index (Phi) is 6.21. The quantitative estimate of drug-likeness (QED) is 0.523. The van der Waals surface area contributed by atoms with E-state index in [-0.39, 0.29) is 0 Å². The zero-order valence-corrected chi connectivity index (χ0v) is 14.0. The van der Waals surface area contributed by atoms with E-state index in [1.165, 1.54) is 0 Å². The molecule has 2 aromatic carbocycles. The third-order valence-electron chi connectivity index (χ3n) is 2.84. The molecule has 0 spiro atoms. The fraction of sp³-hybridized carbons (Fsp3) is 0.250. The van der Waals surface area contributed by atoms with Crippen molar-refractivity contribution in [3.8, 4) is 17.2 Å². The molecule has 5 heteroatoms. The molecule has 0 saturated carbocycles. The van der Waals surface area contributed by atoms with Crippen LogP contribution in [0.5, 0.6) is 17.2 Å².